The maximum Gasteiger partial charge on any atom is 0.176 e. The highest BCUT2D eigenvalue weighted by molar-refractivity contribution is 8.00. The Hall–Kier alpha value is -2.12. The van der Waals surface area contributed by atoms with Gasteiger partial charge in [-0.2, -0.15) is 0 Å². The van der Waals surface area contributed by atoms with Crippen LogP contribution in [0.2, 0.25) is 0 Å². The number of aryl methyl sites for hydroxylation is 2. The van der Waals surface area contributed by atoms with Gasteiger partial charge in [-0.25, -0.2) is 9.97 Å². The van der Waals surface area contributed by atoms with Gasteiger partial charge in [-0.1, -0.05) is 25.6 Å². The van der Waals surface area contributed by atoms with Crippen LogP contribution in [0.1, 0.15) is 46.4 Å². The highest BCUT2D eigenvalue weighted by Gasteiger charge is 2.19. The fraction of sp³-hybridized carbons (Fsp3) is 0.381. The lowest BCUT2D eigenvalue weighted by molar-refractivity contribution is 0.101. The summed E-state index contributed by atoms with van der Waals surface area (Å²) in [5, 5.41) is 1.92. The first-order valence-electron chi connectivity index (χ1n) is 9.01. The molecule has 0 aliphatic rings. The third kappa shape index (κ3) is 4.00. The molecule has 0 saturated heterocycles. The summed E-state index contributed by atoms with van der Waals surface area (Å²) in [5.74, 6) is 2.45. The highest BCUT2D eigenvalue weighted by Crippen LogP contribution is 2.36. The quantitative estimate of drug-likeness (QED) is 0.291. The molecule has 0 atom stereocenters. The number of thiophene rings is 1. The van der Waals surface area contributed by atoms with Crippen LogP contribution in [0, 0.1) is 13.8 Å². The lowest BCUT2D eigenvalue weighted by Crippen LogP contribution is -2.06. The van der Waals surface area contributed by atoms with E-state index in [4.69, 9.17) is 19.4 Å². The molecule has 0 aliphatic carbocycles. The maximum absolute atomic E-state index is 12.9. The number of ether oxygens (including phenoxy) is 2. The molecule has 0 amide bonds. The summed E-state index contributed by atoms with van der Waals surface area (Å²) < 4.78 is 10.6. The maximum atomic E-state index is 12.9. The molecule has 0 unspecified atom stereocenters. The Labute approximate surface area is 173 Å². The first-order chi connectivity index (χ1) is 13.3. The largest absolute Gasteiger partial charge is 0.497 e. The Morgan fingerprint density at radius 2 is 1.93 bits per heavy atom. The molecule has 0 saturated carbocycles. The molecule has 148 valence electrons. The van der Waals surface area contributed by atoms with Crippen LogP contribution < -0.4 is 9.47 Å². The molecule has 5 nitrogen and oxygen atoms in total. The molecule has 28 heavy (non-hydrogen) atoms. The van der Waals surface area contributed by atoms with Crippen molar-refractivity contribution in [3.05, 3.63) is 40.0 Å². The van der Waals surface area contributed by atoms with E-state index >= 15 is 0 Å². The molecule has 1 aromatic carbocycles. The molecule has 0 fully saturated rings. The smallest absolute Gasteiger partial charge is 0.176 e. The Morgan fingerprint density at radius 3 is 2.57 bits per heavy atom. The molecule has 3 aromatic rings. The molecule has 2 aromatic heterocycles. The second-order valence-corrected chi connectivity index (χ2v) is 8.95. The fourth-order valence-electron chi connectivity index (χ4n) is 2.83. The van der Waals surface area contributed by atoms with Gasteiger partial charge < -0.3 is 9.47 Å². The van der Waals surface area contributed by atoms with E-state index in [0.29, 0.717) is 17.1 Å². The van der Waals surface area contributed by atoms with Crippen molar-refractivity contribution in [2.75, 3.05) is 20.0 Å². The zero-order valence-corrected chi connectivity index (χ0v) is 18.6. The minimum atomic E-state index is -0.0248. The number of methoxy groups -OCH3 is 2. The van der Waals surface area contributed by atoms with Crippen LogP contribution in [-0.4, -0.2) is 35.7 Å². The van der Waals surface area contributed by atoms with Crippen molar-refractivity contribution in [3.63, 3.8) is 0 Å². The number of benzene rings is 1. The molecule has 0 spiro atoms. The van der Waals surface area contributed by atoms with Crippen LogP contribution in [0.25, 0.3) is 10.2 Å². The van der Waals surface area contributed by atoms with Crippen LogP contribution in [0.5, 0.6) is 11.5 Å². The number of carbonyl (C=O) groups is 1. The van der Waals surface area contributed by atoms with Crippen molar-refractivity contribution in [3.8, 4) is 11.5 Å². The number of nitrogens with zero attached hydrogens (tertiary/aromatic N) is 2. The van der Waals surface area contributed by atoms with E-state index in [1.165, 1.54) is 22.2 Å². The normalized spacial score (nSPS) is 11.2. The van der Waals surface area contributed by atoms with E-state index in [-0.39, 0.29) is 17.5 Å². The summed E-state index contributed by atoms with van der Waals surface area (Å²) >= 11 is 3.13. The number of carbonyl (C=O) groups excluding carboxylic acids is 1. The summed E-state index contributed by atoms with van der Waals surface area (Å²) in [5.41, 5.74) is 1.70. The molecule has 0 aliphatic heterocycles. The third-order valence-corrected chi connectivity index (χ3v) is 6.65. The van der Waals surface area contributed by atoms with E-state index in [2.05, 4.69) is 27.7 Å². The Morgan fingerprint density at radius 1 is 1.18 bits per heavy atom. The number of hydrogen-bond acceptors (Lipinski definition) is 7. The second kappa shape index (κ2) is 8.49. The van der Waals surface area contributed by atoms with Gasteiger partial charge >= 0.3 is 0 Å². The van der Waals surface area contributed by atoms with Crippen LogP contribution in [0.3, 0.4) is 0 Å². The molecule has 7 heteroatoms. The van der Waals surface area contributed by atoms with Crippen molar-refractivity contribution in [2.45, 2.75) is 38.6 Å². The minimum absolute atomic E-state index is 0.0248. The summed E-state index contributed by atoms with van der Waals surface area (Å²) in [7, 11) is 3.14. The Bertz CT molecular complexity index is 1030. The number of rotatable bonds is 7. The number of Topliss-reactive ketones (excluding diaryl/α,β-unsaturated/α-hetero) is 1. The summed E-state index contributed by atoms with van der Waals surface area (Å²) in [6, 6.07) is 5.25. The van der Waals surface area contributed by atoms with Gasteiger partial charge in [0.15, 0.2) is 5.78 Å². The SMILES string of the molecule is COc1ccc(OC)c(C(=O)CSc2nc(C(C)C)nc3sc(C)c(C)c23)c1. The molecule has 3 rings (SSSR count). The minimum Gasteiger partial charge on any atom is -0.497 e. The zero-order valence-electron chi connectivity index (χ0n) is 17.0. The fourth-order valence-corrected chi connectivity index (χ4v) is 4.91. The summed E-state index contributed by atoms with van der Waals surface area (Å²) in [4.78, 5) is 24.6. The van der Waals surface area contributed by atoms with Crippen molar-refractivity contribution >= 4 is 39.1 Å². The van der Waals surface area contributed by atoms with Crippen molar-refractivity contribution in [1.29, 1.82) is 0 Å². The lowest BCUT2D eigenvalue weighted by atomic mass is 10.1. The van der Waals surface area contributed by atoms with Gasteiger partial charge in [0.05, 0.1) is 25.5 Å². The highest BCUT2D eigenvalue weighted by atomic mass is 32.2. The van der Waals surface area contributed by atoms with Crippen molar-refractivity contribution < 1.29 is 14.3 Å². The molecular formula is C21H24N2O3S2. The molecule has 0 bridgehead atoms. The van der Waals surface area contributed by atoms with Gasteiger partial charge in [-0.3, -0.25) is 4.79 Å². The summed E-state index contributed by atoms with van der Waals surface area (Å²) in [6.07, 6.45) is 0. The predicted octanol–water partition coefficient (Wildman–Crippen LogP) is 5.42. The lowest BCUT2D eigenvalue weighted by Gasteiger charge is -2.11. The second-order valence-electron chi connectivity index (χ2n) is 6.78. The monoisotopic (exact) mass is 416 g/mol. The average Bonchev–Trinajstić information content (AvgIpc) is 2.99. The number of fused-ring (bicyclic) bond motifs is 1. The van der Waals surface area contributed by atoms with Gasteiger partial charge in [0, 0.05) is 16.2 Å². The predicted molar refractivity (Wildman–Crippen MR) is 116 cm³/mol. The van der Waals surface area contributed by atoms with Crippen LogP contribution >= 0.6 is 23.1 Å². The van der Waals surface area contributed by atoms with E-state index in [1.807, 2.05) is 0 Å². The van der Waals surface area contributed by atoms with Gasteiger partial charge in [-0.05, 0) is 37.6 Å². The van der Waals surface area contributed by atoms with Crippen LogP contribution in [0.15, 0.2) is 23.2 Å². The van der Waals surface area contributed by atoms with E-state index < -0.39 is 0 Å². The van der Waals surface area contributed by atoms with E-state index in [0.717, 1.165) is 21.1 Å². The van der Waals surface area contributed by atoms with Gasteiger partial charge in [-0.15, -0.1) is 11.3 Å². The number of ketones is 1. The standard InChI is InChI=1S/C21H24N2O3S2/c1-11(2)19-22-20(18-12(3)13(4)28-21(18)23-19)27-10-16(24)15-9-14(25-5)7-8-17(15)26-6/h7-9,11H,10H2,1-6H3. The number of thioether (sulfide) groups is 1. The summed E-state index contributed by atoms with van der Waals surface area (Å²) in [6.45, 7) is 8.34. The molecule has 0 radical (unpaired) electrons. The first-order valence-corrected chi connectivity index (χ1v) is 10.8. The van der Waals surface area contributed by atoms with Gasteiger partial charge in [0.1, 0.15) is 27.2 Å². The van der Waals surface area contributed by atoms with E-state index in [9.17, 15) is 4.79 Å². The topological polar surface area (TPSA) is 61.3 Å². The van der Waals surface area contributed by atoms with Gasteiger partial charge in [0.2, 0.25) is 0 Å². The van der Waals surface area contributed by atoms with Crippen LogP contribution in [0.4, 0.5) is 0 Å². The van der Waals surface area contributed by atoms with Gasteiger partial charge in [0.25, 0.3) is 0 Å². The number of aromatic nitrogens is 2. The first kappa shape index (κ1) is 20.6. The molecule has 2 heterocycles. The molecule has 0 N–H and O–H groups in total. The van der Waals surface area contributed by atoms with E-state index in [1.54, 1.807) is 43.8 Å². The Kier molecular flexibility index (Phi) is 6.25. The van der Waals surface area contributed by atoms with Crippen LogP contribution in [-0.2, 0) is 0 Å². The van der Waals surface area contributed by atoms with Crippen molar-refractivity contribution in [2.24, 2.45) is 0 Å². The van der Waals surface area contributed by atoms with Crippen molar-refractivity contribution in [1.82, 2.24) is 9.97 Å². The third-order valence-electron chi connectivity index (χ3n) is 4.58. The zero-order chi connectivity index (χ0) is 20.4. The average molecular weight is 417 g/mol. The molecular weight excluding hydrogens is 392 g/mol. The Balaban J connectivity index is 1.94. The number of hydrogen-bond donors (Lipinski definition) is 0.